The van der Waals surface area contributed by atoms with Gasteiger partial charge in [0.25, 0.3) is 5.91 Å². The number of phenols is 1. The lowest BCUT2D eigenvalue weighted by Crippen LogP contribution is -2.48. The highest BCUT2D eigenvalue weighted by Gasteiger charge is 2.31. The van der Waals surface area contributed by atoms with Crippen LogP contribution in [0.3, 0.4) is 0 Å². The van der Waals surface area contributed by atoms with E-state index in [1.54, 1.807) is 23.8 Å². The summed E-state index contributed by atoms with van der Waals surface area (Å²) < 4.78 is 19.4. The fourth-order valence-corrected chi connectivity index (χ4v) is 2.93. The van der Waals surface area contributed by atoms with Crippen LogP contribution in [0.25, 0.3) is 0 Å². The first-order valence-electron chi connectivity index (χ1n) is 8.74. The van der Waals surface area contributed by atoms with Crippen molar-refractivity contribution in [1.82, 2.24) is 9.80 Å². The van der Waals surface area contributed by atoms with Crippen LogP contribution < -0.4 is 0 Å². The van der Waals surface area contributed by atoms with Gasteiger partial charge in [0.05, 0.1) is 5.56 Å². The Kier molecular flexibility index (Phi) is 5.78. The summed E-state index contributed by atoms with van der Waals surface area (Å²) in [6, 6.07) is 2.29. The largest absolute Gasteiger partial charge is 0.508 e. The topological polar surface area (TPSA) is 70.1 Å². The lowest BCUT2D eigenvalue weighted by atomic mass is 10.0. The van der Waals surface area contributed by atoms with Crippen LogP contribution >= 0.6 is 0 Å². The number of nitrogens with zero attached hydrogens (tertiary/aromatic N) is 2. The number of phenolic OH excluding ortho intramolecular Hbond substituents is 1. The highest BCUT2D eigenvalue weighted by Crippen LogP contribution is 2.24. The van der Waals surface area contributed by atoms with Crippen LogP contribution in [0.15, 0.2) is 12.1 Å². The van der Waals surface area contributed by atoms with Crippen LogP contribution in [0.1, 0.15) is 49.5 Å². The molecule has 1 heterocycles. The van der Waals surface area contributed by atoms with Gasteiger partial charge in [0.1, 0.15) is 17.2 Å². The minimum Gasteiger partial charge on any atom is -0.508 e. The van der Waals surface area contributed by atoms with Gasteiger partial charge in [0, 0.05) is 26.2 Å². The van der Waals surface area contributed by atoms with Gasteiger partial charge in [-0.1, -0.05) is 0 Å². The molecule has 1 saturated heterocycles. The summed E-state index contributed by atoms with van der Waals surface area (Å²) in [5.41, 5.74) is -0.309. The molecule has 0 spiro atoms. The maximum absolute atomic E-state index is 14.1. The van der Waals surface area contributed by atoms with Gasteiger partial charge in [-0.25, -0.2) is 9.18 Å². The molecule has 7 heteroatoms. The molecule has 1 aliphatic heterocycles. The normalized spacial score (nSPS) is 15.7. The predicted octanol–water partition coefficient (Wildman–Crippen LogP) is 3.31. The molecule has 0 unspecified atom stereocenters. The van der Waals surface area contributed by atoms with E-state index in [0.717, 1.165) is 6.07 Å². The van der Waals surface area contributed by atoms with Crippen molar-refractivity contribution in [2.75, 3.05) is 20.1 Å². The summed E-state index contributed by atoms with van der Waals surface area (Å²) in [6.07, 6.45) is 0.777. The van der Waals surface area contributed by atoms with E-state index in [2.05, 4.69) is 0 Å². The zero-order valence-electron chi connectivity index (χ0n) is 16.0. The minimum absolute atomic E-state index is 0.0369. The van der Waals surface area contributed by atoms with E-state index < -0.39 is 23.4 Å². The standard InChI is InChI=1S/C19H27FN2O4/c1-12-10-15(20)14(11-16(12)23)17(24)22-8-6-13(7-9-22)21(5)18(25)26-19(2,3)4/h10-11,13,23H,6-9H2,1-5H3. The van der Waals surface area contributed by atoms with Gasteiger partial charge in [-0.15, -0.1) is 0 Å². The predicted molar refractivity (Wildman–Crippen MR) is 95.7 cm³/mol. The van der Waals surface area contributed by atoms with Crippen LogP contribution in [0, 0.1) is 12.7 Å². The summed E-state index contributed by atoms with van der Waals surface area (Å²) in [6.45, 7) is 7.82. The highest BCUT2D eigenvalue weighted by molar-refractivity contribution is 5.95. The highest BCUT2D eigenvalue weighted by atomic mass is 19.1. The van der Waals surface area contributed by atoms with Crippen molar-refractivity contribution in [3.63, 3.8) is 0 Å². The number of amides is 2. The van der Waals surface area contributed by atoms with Gasteiger partial charge in [-0.05, 0) is 58.2 Å². The Morgan fingerprint density at radius 1 is 1.27 bits per heavy atom. The molecule has 0 aromatic heterocycles. The van der Waals surface area contributed by atoms with E-state index in [9.17, 15) is 19.1 Å². The molecule has 0 radical (unpaired) electrons. The number of hydrogen-bond donors (Lipinski definition) is 1. The van der Waals surface area contributed by atoms with Crippen molar-refractivity contribution in [2.24, 2.45) is 0 Å². The van der Waals surface area contributed by atoms with Gasteiger partial charge in [0.15, 0.2) is 0 Å². The number of piperidine rings is 1. The van der Waals surface area contributed by atoms with Crippen LogP contribution in [0.5, 0.6) is 5.75 Å². The van der Waals surface area contributed by atoms with Crippen molar-refractivity contribution in [3.05, 3.63) is 29.1 Å². The van der Waals surface area contributed by atoms with Gasteiger partial charge in [0.2, 0.25) is 0 Å². The second kappa shape index (κ2) is 7.51. The molecular weight excluding hydrogens is 339 g/mol. The number of likely N-dealkylation sites (tertiary alicyclic amines) is 1. The first-order valence-corrected chi connectivity index (χ1v) is 8.74. The minimum atomic E-state index is -0.640. The van der Waals surface area contributed by atoms with Crippen LogP contribution in [0.4, 0.5) is 9.18 Å². The van der Waals surface area contributed by atoms with Crippen molar-refractivity contribution in [2.45, 2.75) is 52.2 Å². The summed E-state index contributed by atoms with van der Waals surface area (Å²) in [5, 5.41) is 9.75. The lowest BCUT2D eigenvalue weighted by molar-refractivity contribution is 0.0155. The molecule has 1 aromatic carbocycles. The van der Waals surface area contributed by atoms with E-state index in [1.165, 1.54) is 6.07 Å². The van der Waals surface area contributed by atoms with Crippen molar-refractivity contribution in [1.29, 1.82) is 0 Å². The number of ether oxygens (including phenoxy) is 1. The first kappa shape index (κ1) is 20.0. The molecule has 0 atom stereocenters. The molecule has 1 aromatic rings. The zero-order chi connectivity index (χ0) is 19.6. The number of halogens is 1. The van der Waals surface area contributed by atoms with E-state index >= 15 is 0 Å². The number of rotatable bonds is 2. The van der Waals surface area contributed by atoms with Crippen LogP contribution in [0.2, 0.25) is 0 Å². The van der Waals surface area contributed by atoms with E-state index in [0.29, 0.717) is 31.5 Å². The Hall–Kier alpha value is -2.31. The Labute approximate surface area is 153 Å². The fraction of sp³-hybridized carbons (Fsp3) is 0.579. The third kappa shape index (κ3) is 4.65. The number of carbonyl (C=O) groups excluding carboxylic acids is 2. The molecule has 0 saturated carbocycles. The zero-order valence-corrected chi connectivity index (χ0v) is 16.0. The maximum atomic E-state index is 14.1. The Morgan fingerprint density at radius 3 is 2.38 bits per heavy atom. The molecule has 0 aliphatic carbocycles. The van der Waals surface area contributed by atoms with E-state index in [4.69, 9.17) is 4.74 Å². The van der Waals surface area contributed by atoms with Crippen molar-refractivity contribution >= 4 is 12.0 Å². The summed E-state index contributed by atoms with van der Waals surface area (Å²) in [4.78, 5) is 27.8. The van der Waals surface area contributed by atoms with E-state index in [1.807, 2.05) is 20.8 Å². The molecule has 1 N–H and O–H groups in total. The lowest BCUT2D eigenvalue weighted by Gasteiger charge is -2.37. The Morgan fingerprint density at radius 2 is 1.85 bits per heavy atom. The molecule has 2 amide bonds. The number of aryl methyl sites for hydroxylation is 1. The SMILES string of the molecule is Cc1cc(F)c(C(=O)N2CCC(N(C)C(=O)OC(C)(C)C)CC2)cc1O. The molecule has 1 fully saturated rings. The van der Waals surface area contributed by atoms with Crippen molar-refractivity contribution in [3.8, 4) is 5.75 Å². The number of aromatic hydroxyl groups is 1. The van der Waals surface area contributed by atoms with Crippen LogP contribution in [-0.2, 0) is 4.74 Å². The number of hydrogen-bond acceptors (Lipinski definition) is 4. The second-order valence-electron chi connectivity index (χ2n) is 7.73. The fourth-order valence-electron chi connectivity index (χ4n) is 2.93. The number of benzene rings is 1. The molecule has 0 bridgehead atoms. The average molecular weight is 366 g/mol. The first-order chi connectivity index (χ1) is 12.0. The number of carbonyl (C=O) groups is 2. The van der Waals surface area contributed by atoms with Gasteiger partial charge < -0.3 is 19.6 Å². The second-order valence-corrected chi connectivity index (χ2v) is 7.73. The Balaban J connectivity index is 1.99. The summed E-state index contributed by atoms with van der Waals surface area (Å²) in [7, 11) is 1.69. The van der Waals surface area contributed by atoms with Crippen LogP contribution in [-0.4, -0.2) is 58.7 Å². The third-order valence-corrected chi connectivity index (χ3v) is 4.50. The average Bonchev–Trinajstić information content (AvgIpc) is 2.55. The van der Waals surface area contributed by atoms with E-state index in [-0.39, 0.29) is 17.4 Å². The smallest absolute Gasteiger partial charge is 0.410 e. The Bertz CT molecular complexity index is 692. The molecule has 144 valence electrons. The van der Waals surface area contributed by atoms with Gasteiger partial charge in [-0.2, -0.15) is 0 Å². The molecule has 1 aliphatic rings. The molecule has 26 heavy (non-hydrogen) atoms. The third-order valence-electron chi connectivity index (χ3n) is 4.50. The molecular formula is C19H27FN2O4. The molecule has 2 rings (SSSR count). The molecule has 6 nitrogen and oxygen atoms in total. The van der Waals surface area contributed by atoms with Gasteiger partial charge in [-0.3, -0.25) is 4.79 Å². The summed E-state index contributed by atoms with van der Waals surface area (Å²) >= 11 is 0. The summed E-state index contributed by atoms with van der Waals surface area (Å²) in [5.74, 6) is -1.19. The quantitative estimate of drug-likeness (QED) is 0.872. The van der Waals surface area contributed by atoms with Gasteiger partial charge >= 0.3 is 6.09 Å². The maximum Gasteiger partial charge on any atom is 0.410 e. The van der Waals surface area contributed by atoms with Crippen molar-refractivity contribution < 1.29 is 23.8 Å². The monoisotopic (exact) mass is 366 g/mol.